The summed E-state index contributed by atoms with van der Waals surface area (Å²) in [6.45, 7) is 2.64. The Morgan fingerprint density at radius 1 is 1.43 bits per heavy atom. The van der Waals surface area contributed by atoms with Gasteiger partial charge in [0.1, 0.15) is 0 Å². The van der Waals surface area contributed by atoms with Crippen molar-refractivity contribution in [1.82, 2.24) is 25.5 Å². The van der Waals surface area contributed by atoms with Crippen molar-refractivity contribution in [3.63, 3.8) is 0 Å². The normalized spacial score (nSPS) is 24.8. The van der Waals surface area contributed by atoms with Gasteiger partial charge in [-0.2, -0.15) is 5.21 Å². The topological polar surface area (TPSA) is 77.9 Å². The van der Waals surface area contributed by atoms with E-state index in [-0.39, 0.29) is 6.10 Å². The fraction of sp³-hybridized carbons (Fsp3) is 0.875. The molecule has 1 aromatic heterocycles. The Balaban J connectivity index is 1.86. The molecule has 1 fully saturated rings. The lowest BCUT2D eigenvalue weighted by molar-refractivity contribution is 0.154. The molecule has 1 aliphatic heterocycles. The van der Waals surface area contributed by atoms with E-state index in [4.69, 9.17) is 0 Å². The number of aromatic amines is 1. The molecule has 0 aliphatic carbocycles. The molecular formula is C8H15N5O. The number of nitrogens with one attached hydrogen (secondary N) is 1. The fourth-order valence-electron chi connectivity index (χ4n) is 1.75. The predicted molar refractivity (Wildman–Crippen MR) is 49.3 cm³/mol. The van der Waals surface area contributed by atoms with E-state index in [9.17, 15) is 5.11 Å². The van der Waals surface area contributed by atoms with Crippen molar-refractivity contribution in [2.24, 2.45) is 0 Å². The summed E-state index contributed by atoms with van der Waals surface area (Å²) in [7, 11) is 0. The Hall–Kier alpha value is -1.01. The van der Waals surface area contributed by atoms with Gasteiger partial charge in [-0.25, -0.2) is 0 Å². The molecule has 1 saturated heterocycles. The SMILES string of the molecule is OC1CCCN(Cc2nn[nH]n2)CC1. The van der Waals surface area contributed by atoms with Gasteiger partial charge in [-0.05, 0) is 25.8 Å². The number of hydrogen-bond donors (Lipinski definition) is 2. The molecule has 2 N–H and O–H groups in total. The van der Waals surface area contributed by atoms with E-state index in [1.165, 1.54) is 0 Å². The Kier molecular flexibility index (Phi) is 3.05. The molecule has 1 aliphatic rings. The number of hydrogen-bond acceptors (Lipinski definition) is 5. The summed E-state index contributed by atoms with van der Waals surface area (Å²) in [5.41, 5.74) is 0. The second-order valence-corrected chi connectivity index (χ2v) is 3.69. The van der Waals surface area contributed by atoms with E-state index in [2.05, 4.69) is 25.5 Å². The van der Waals surface area contributed by atoms with Gasteiger partial charge in [0.05, 0.1) is 12.6 Å². The third-order valence-corrected chi connectivity index (χ3v) is 2.54. The summed E-state index contributed by atoms with van der Waals surface area (Å²) in [6.07, 6.45) is 2.66. The number of nitrogens with zero attached hydrogens (tertiary/aromatic N) is 4. The molecule has 0 saturated carbocycles. The molecule has 1 aromatic rings. The molecule has 0 bridgehead atoms. The number of H-pyrrole nitrogens is 1. The van der Waals surface area contributed by atoms with Gasteiger partial charge in [-0.3, -0.25) is 4.90 Å². The van der Waals surface area contributed by atoms with Crippen LogP contribution in [-0.2, 0) is 6.54 Å². The summed E-state index contributed by atoms with van der Waals surface area (Å²) < 4.78 is 0. The third-order valence-electron chi connectivity index (χ3n) is 2.54. The van der Waals surface area contributed by atoms with Gasteiger partial charge in [0.2, 0.25) is 0 Å². The van der Waals surface area contributed by atoms with Crippen LogP contribution in [0.15, 0.2) is 0 Å². The summed E-state index contributed by atoms with van der Waals surface area (Å²) >= 11 is 0. The molecule has 0 spiro atoms. The molecule has 6 heteroatoms. The lowest BCUT2D eigenvalue weighted by atomic mass is 10.2. The van der Waals surface area contributed by atoms with Crippen LogP contribution in [0.3, 0.4) is 0 Å². The number of aromatic nitrogens is 4. The first-order valence-corrected chi connectivity index (χ1v) is 4.97. The van der Waals surface area contributed by atoms with Gasteiger partial charge in [-0.1, -0.05) is 5.21 Å². The lowest BCUT2D eigenvalue weighted by Gasteiger charge is -2.16. The number of likely N-dealkylation sites (tertiary alicyclic amines) is 1. The molecule has 14 heavy (non-hydrogen) atoms. The second-order valence-electron chi connectivity index (χ2n) is 3.69. The molecule has 1 atom stereocenters. The molecule has 6 nitrogen and oxygen atoms in total. The van der Waals surface area contributed by atoms with Crippen LogP contribution in [0.25, 0.3) is 0 Å². The van der Waals surface area contributed by atoms with Crippen LogP contribution in [0.1, 0.15) is 25.1 Å². The van der Waals surface area contributed by atoms with Crippen molar-refractivity contribution in [3.8, 4) is 0 Å². The van der Waals surface area contributed by atoms with Crippen molar-refractivity contribution in [2.45, 2.75) is 31.9 Å². The van der Waals surface area contributed by atoms with Crippen LogP contribution >= 0.6 is 0 Å². The smallest absolute Gasteiger partial charge is 0.188 e. The highest BCUT2D eigenvalue weighted by Crippen LogP contribution is 2.11. The summed E-state index contributed by atoms with van der Waals surface area (Å²) in [5, 5.41) is 23.2. The number of rotatable bonds is 2. The van der Waals surface area contributed by atoms with Crippen molar-refractivity contribution < 1.29 is 5.11 Å². The van der Waals surface area contributed by atoms with Crippen molar-refractivity contribution in [3.05, 3.63) is 5.82 Å². The maximum absolute atomic E-state index is 9.46. The average molecular weight is 197 g/mol. The van der Waals surface area contributed by atoms with Crippen molar-refractivity contribution >= 4 is 0 Å². The van der Waals surface area contributed by atoms with E-state index < -0.39 is 0 Å². The van der Waals surface area contributed by atoms with Gasteiger partial charge in [0.25, 0.3) is 0 Å². The number of aliphatic hydroxyl groups is 1. The number of aliphatic hydroxyl groups excluding tert-OH is 1. The van der Waals surface area contributed by atoms with Crippen LogP contribution in [-0.4, -0.2) is 49.8 Å². The maximum atomic E-state index is 9.46. The molecule has 2 heterocycles. The highest BCUT2D eigenvalue weighted by Gasteiger charge is 2.15. The molecule has 78 valence electrons. The predicted octanol–water partition coefficient (Wildman–Crippen LogP) is -0.453. The van der Waals surface area contributed by atoms with E-state index >= 15 is 0 Å². The molecular weight excluding hydrogens is 182 g/mol. The largest absolute Gasteiger partial charge is 0.393 e. The molecule has 0 aromatic carbocycles. The molecule has 2 rings (SSSR count). The first kappa shape index (κ1) is 9.54. The van der Waals surface area contributed by atoms with E-state index in [0.29, 0.717) is 0 Å². The van der Waals surface area contributed by atoms with Crippen LogP contribution in [0.2, 0.25) is 0 Å². The third kappa shape index (κ3) is 2.49. The minimum absolute atomic E-state index is 0.134. The molecule has 1 unspecified atom stereocenters. The van der Waals surface area contributed by atoms with Gasteiger partial charge in [0, 0.05) is 6.54 Å². The molecule has 0 radical (unpaired) electrons. The summed E-state index contributed by atoms with van der Waals surface area (Å²) in [5.74, 6) is 0.724. The maximum Gasteiger partial charge on any atom is 0.188 e. The van der Waals surface area contributed by atoms with Gasteiger partial charge < -0.3 is 5.11 Å². The van der Waals surface area contributed by atoms with Crippen LogP contribution in [0.5, 0.6) is 0 Å². The van der Waals surface area contributed by atoms with Crippen LogP contribution < -0.4 is 0 Å². The van der Waals surface area contributed by atoms with Crippen molar-refractivity contribution in [2.75, 3.05) is 13.1 Å². The van der Waals surface area contributed by atoms with Gasteiger partial charge in [-0.15, -0.1) is 10.2 Å². The van der Waals surface area contributed by atoms with Gasteiger partial charge >= 0.3 is 0 Å². The Bertz CT molecular complexity index is 263. The highest BCUT2D eigenvalue weighted by atomic mass is 16.3. The first-order valence-electron chi connectivity index (χ1n) is 4.97. The van der Waals surface area contributed by atoms with E-state index in [0.717, 1.165) is 44.7 Å². The highest BCUT2D eigenvalue weighted by molar-refractivity contribution is 4.78. The monoisotopic (exact) mass is 197 g/mol. The Morgan fingerprint density at radius 3 is 3.14 bits per heavy atom. The van der Waals surface area contributed by atoms with Crippen LogP contribution in [0, 0.1) is 0 Å². The summed E-state index contributed by atoms with van der Waals surface area (Å²) in [6, 6.07) is 0. The zero-order valence-electron chi connectivity index (χ0n) is 8.06. The van der Waals surface area contributed by atoms with Crippen LogP contribution in [0.4, 0.5) is 0 Å². The number of tetrazole rings is 1. The van der Waals surface area contributed by atoms with Gasteiger partial charge in [0.15, 0.2) is 5.82 Å². The van der Waals surface area contributed by atoms with E-state index in [1.54, 1.807) is 0 Å². The summed E-state index contributed by atoms with van der Waals surface area (Å²) in [4.78, 5) is 2.25. The standard InChI is InChI=1S/C8H15N5O/c14-7-2-1-4-13(5-3-7)6-8-9-11-12-10-8/h7,14H,1-6H2,(H,9,10,11,12). The Morgan fingerprint density at radius 2 is 2.36 bits per heavy atom. The van der Waals surface area contributed by atoms with E-state index in [1.807, 2.05) is 0 Å². The molecule has 0 amide bonds. The zero-order valence-corrected chi connectivity index (χ0v) is 8.06. The fourth-order valence-corrected chi connectivity index (χ4v) is 1.75. The lowest BCUT2D eigenvalue weighted by Crippen LogP contribution is -2.25. The Labute approximate surface area is 82.3 Å². The first-order chi connectivity index (χ1) is 6.84. The van der Waals surface area contributed by atoms with Crippen molar-refractivity contribution in [1.29, 1.82) is 0 Å². The second kappa shape index (κ2) is 4.47. The minimum Gasteiger partial charge on any atom is -0.393 e. The minimum atomic E-state index is -0.134. The quantitative estimate of drug-likeness (QED) is 0.671. The average Bonchev–Trinajstić information content (AvgIpc) is 2.58. The zero-order chi connectivity index (χ0) is 9.80.